The van der Waals surface area contributed by atoms with Gasteiger partial charge in [0, 0.05) is 23.1 Å². The van der Waals surface area contributed by atoms with Crippen molar-refractivity contribution in [2.45, 2.75) is 25.4 Å². The van der Waals surface area contributed by atoms with Gasteiger partial charge in [-0.25, -0.2) is 0 Å². The molecule has 1 aliphatic rings. The van der Waals surface area contributed by atoms with Gasteiger partial charge >= 0.3 is 0 Å². The first-order valence-corrected chi connectivity index (χ1v) is 8.42. The van der Waals surface area contributed by atoms with Gasteiger partial charge < -0.3 is 9.73 Å². The smallest absolute Gasteiger partial charge is 0.122 e. The molecule has 1 aliphatic heterocycles. The van der Waals surface area contributed by atoms with Crippen molar-refractivity contribution in [3.63, 3.8) is 0 Å². The Labute approximate surface area is 141 Å². The van der Waals surface area contributed by atoms with E-state index < -0.39 is 0 Å². The van der Waals surface area contributed by atoms with Gasteiger partial charge in [-0.2, -0.15) is 0 Å². The Hall–Kier alpha value is -1.00. The minimum Gasteiger partial charge on any atom is -0.468 e. The lowest BCUT2D eigenvalue weighted by molar-refractivity contribution is 0.209. The van der Waals surface area contributed by atoms with Gasteiger partial charge in [-0.05, 0) is 55.8 Å². The van der Waals surface area contributed by atoms with Gasteiger partial charge in [0.05, 0.1) is 12.3 Å². The van der Waals surface area contributed by atoms with Crippen molar-refractivity contribution >= 4 is 23.2 Å². The van der Waals surface area contributed by atoms with Crippen molar-refractivity contribution in [2.75, 3.05) is 19.6 Å². The Kier molecular flexibility index (Phi) is 5.42. The van der Waals surface area contributed by atoms with Crippen molar-refractivity contribution in [1.29, 1.82) is 0 Å². The maximum Gasteiger partial charge on any atom is 0.122 e. The van der Waals surface area contributed by atoms with Crippen LogP contribution in [0.1, 0.15) is 30.2 Å². The molecule has 0 amide bonds. The summed E-state index contributed by atoms with van der Waals surface area (Å²) >= 11 is 12.1. The molecular formula is C17H20Cl2N2O. The van der Waals surface area contributed by atoms with Crippen molar-refractivity contribution in [2.24, 2.45) is 0 Å². The Bertz CT molecular complexity index is 595. The van der Waals surface area contributed by atoms with E-state index in [0.29, 0.717) is 10.0 Å². The molecule has 5 heteroatoms. The van der Waals surface area contributed by atoms with Gasteiger partial charge in [-0.3, -0.25) is 4.90 Å². The quantitative estimate of drug-likeness (QED) is 0.839. The summed E-state index contributed by atoms with van der Waals surface area (Å²) in [5.74, 6) is 1.02. The molecule has 2 heterocycles. The number of hydrogen-bond donors (Lipinski definition) is 1. The van der Waals surface area contributed by atoms with Gasteiger partial charge in [-0.1, -0.05) is 29.3 Å². The zero-order chi connectivity index (χ0) is 15.4. The minimum absolute atomic E-state index is 0.281. The lowest BCUT2D eigenvalue weighted by Gasteiger charge is -2.26. The molecule has 118 valence electrons. The third-order valence-corrected chi connectivity index (χ3v) is 4.71. The molecule has 1 N–H and O–H groups in total. The molecule has 1 atom stereocenters. The predicted octanol–water partition coefficient (Wildman–Crippen LogP) is 4.51. The summed E-state index contributed by atoms with van der Waals surface area (Å²) in [6.07, 6.45) is 4.27. The van der Waals surface area contributed by atoms with Crippen LogP contribution in [0, 0.1) is 0 Å². The SMILES string of the molecule is Clc1ccc(CNCC(c2ccco2)N2CCCC2)c(Cl)c1. The average Bonchev–Trinajstić information content (AvgIpc) is 3.19. The van der Waals surface area contributed by atoms with Crippen LogP contribution < -0.4 is 5.32 Å². The fourth-order valence-corrected chi connectivity index (χ4v) is 3.43. The molecule has 1 saturated heterocycles. The lowest BCUT2D eigenvalue weighted by atomic mass is 10.1. The number of halogens is 2. The number of furan rings is 1. The van der Waals surface area contributed by atoms with E-state index in [1.54, 1.807) is 12.3 Å². The summed E-state index contributed by atoms with van der Waals surface area (Å²) in [6.45, 7) is 3.83. The van der Waals surface area contributed by atoms with Crippen LogP contribution in [-0.2, 0) is 6.54 Å². The zero-order valence-electron chi connectivity index (χ0n) is 12.4. The second kappa shape index (κ2) is 7.51. The van der Waals surface area contributed by atoms with Crippen molar-refractivity contribution in [3.05, 3.63) is 58.0 Å². The molecule has 0 aliphatic carbocycles. The molecule has 1 aromatic heterocycles. The second-order valence-electron chi connectivity index (χ2n) is 5.64. The molecule has 22 heavy (non-hydrogen) atoms. The topological polar surface area (TPSA) is 28.4 Å². The number of rotatable bonds is 6. The van der Waals surface area contributed by atoms with E-state index in [1.807, 2.05) is 18.2 Å². The minimum atomic E-state index is 0.281. The third kappa shape index (κ3) is 3.85. The fourth-order valence-electron chi connectivity index (χ4n) is 2.95. The molecule has 1 unspecified atom stereocenters. The molecule has 3 nitrogen and oxygen atoms in total. The van der Waals surface area contributed by atoms with Gasteiger partial charge in [0.2, 0.25) is 0 Å². The fraction of sp³-hybridized carbons (Fsp3) is 0.412. The van der Waals surface area contributed by atoms with E-state index in [1.165, 1.54) is 12.8 Å². The first kappa shape index (κ1) is 15.9. The number of hydrogen-bond acceptors (Lipinski definition) is 3. The highest BCUT2D eigenvalue weighted by Crippen LogP contribution is 2.25. The number of likely N-dealkylation sites (tertiary alicyclic amines) is 1. The molecule has 0 spiro atoms. The average molecular weight is 339 g/mol. The largest absolute Gasteiger partial charge is 0.468 e. The first-order chi connectivity index (χ1) is 10.7. The summed E-state index contributed by atoms with van der Waals surface area (Å²) in [7, 11) is 0. The van der Waals surface area contributed by atoms with Gasteiger partial charge in [0.25, 0.3) is 0 Å². The summed E-state index contributed by atoms with van der Waals surface area (Å²) in [5, 5.41) is 4.87. The summed E-state index contributed by atoms with van der Waals surface area (Å²) < 4.78 is 5.63. The highest BCUT2D eigenvalue weighted by molar-refractivity contribution is 6.35. The van der Waals surface area contributed by atoms with Gasteiger partial charge in [-0.15, -0.1) is 0 Å². The normalized spacial score (nSPS) is 17.0. The molecule has 3 rings (SSSR count). The van der Waals surface area contributed by atoms with E-state index in [2.05, 4.69) is 16.3 Å². The summed E-state index contributed by atoms with van der Waals surface area (Å²) in [6, 6.07) is 9.91. The number of benzene rings is 1. The van der Waals surface area contributed by atoms with Crippen molar-refractivity contribution < 1.29 is 4.42 Å². The number of nitrogens with one attached hydrogen (secondary N) is 1. The standard InChI is InChI=1S/C17H20Cl2N2O/c18-14-6-5-13(15(19)10-14)11-20-12-16(17-4-3-9-22-17)21-7-1-2-8-21/h3-6,9-10,16,20H,1-2,7-8,11-12H2. The highest BCUT2D eigenvalue weighted by atomic mass is 35.5. The van der Waals surface area contributed by atoms with Crippen molar-refractivity contribution in [1.82, 2.24) is 10.2 Å². The van der Waals surface area contributed by atoms with Gasteiger partial charge in [0.15, 0.2) is 0 Å². The van der Waals surface area contributed by atoms with Gasteiger partial charge in [0.1, 0.15) is 5.76 Å². The highest BCUT2D eigenvalue weighted by Gasteiger charge is 2.25. The maximum atomic E-state index is 6.22. The zero-order valence-corrected chi connectivity index (χ0v) is 13.9. The molecule has 0 bridgehead atoms. The second-order valence-corrected chi connectivity index (χ2v) is 6.48. The van der Waals surface area contributed by atoms with Crippen LogP contribution in [0.15, 0.2) is 41.0 Å². The lowest BCUT2D eigenvalue weighted by Crippen LogP contribution is -2.33. The molecular weight excluding hydrogens is 319 g/mol. The summed E-state index contributed by atoms with van der Waals surface area (Å²) in [5.41, 5.74) is 1.06. The van der Waals surface area contributed by atoms with Crippen molar-refractivity contribution in [3.8, 4) is 0 Å². The van der Waals surface area contributed by atoms with Crippen LogP contribution in [0.4, 0.5) is 0 Å². The van der Waals surface area contributed by atoms with E-state index in [-0.39, 0.29) is 6.04 Å². The monoisotopic (exact) mass is 338 g/mol. The Balaban J connectivity index is 1.61. The van der Waals surface area contributed by atoms with E-state index in [0.717, 1.165) is 37.5 Å². The number of nitrogens with zero attached hydrogens (tertiary/aromatic N) is 1. The third-order valence-electron chi connectivity index (χ3n) is 4.12. The Morgan fingerprint density at radius 1 is 1.18 bits per heavy atom. The van der Waals surface area contributed by atoms with Crippen LogP contribution in [0.3, 0.4) is 0 Å². The molecule has 0 saturated carbocycles. The molecule has 0 radical (unpaired) electrons. The van der Waals surface area contributed by atoms with E-state index in [4.69, 9.17) is 27.6 Å². The summed E-state index contributed by atoms with van der Waals surface area (Å²) in [4.78, 5) is 2.48. The molecule has 2 aromatic rings. The van der Waals surface area contributed by atoms with Crippen LogP contribution in [-0.4, -0.2) is 24.5 Å². The molecule has 1 fully saturated rings. The van der Waals surface area contributed by atoms with E-state index >= 15 is 0 Å². The first-order valence-electron chi connectivity index (χ1n) is 7.66. The molecule has 1 aromatic carbocycles. The maximum absolute atomic E-state index is 6.22. The van der Waals surface area contributed by atoms with Crippen LogP contribution in [0.25, 0.3) is 0 Å². The van der Waals surface area contributed by atoms with Crippen LogP contribution >= 0.6 is 23.2 Å². The van der Waals surface area contributed by atoms with Crippen LogP contribution in [0.5, 0.6) is 0 Å². The Morgan fingerprint density at radius 3 is 2.68 bits per heavy atom. The predicted molar refractivity (Wildman–Crippen MR) is 90.4 cm³/mol. The van der Waals surface area contributed by atoms with Crippen LogP contribution in [0.2, 0.25) is 10.0 Å². The Morgan fingerprint density at radius 2 is 2.00 bits per heavy atom. The van der Waals surface area contributed by atoms with E-state index in [9.17, 15) is 0 Å².